The number of fused-ring (bicyclic) bond motifs is 1. The number of benzene rings is 2. The van der Waals surface area contributed by atoms with Gasteiger partial charge in [-0.05, 0) is 35.2 Å². The number of hydrogen-bond donors (Lipinski definition) is 1. The number of nitrogens with zero attached hydrogens (tertiary/aromatic N) is 1. The van der Waals surface area contributed by atoms with Gasteiger partial charge in [0.25, 0.3) is 0 Å². The Kier molecular flexibility index (Phi) is 7.03. The fraction of sp³-hybridized carbons (Fsp3) is 0.421. The number of carbonyl (C=O) groups excluding carboxylic acids is 1. The lowest BCUT2D eigenvalue weighted by Crippen LogP contribution is -2.38. The van der Waals surface area contributed by atoms with Gasteiger partial charge in [0.2, 0.25) is 5.91 Å². The van der Waals surface area contributed by atoms with Crippen molar-refractivity contribution in [2.24, 2.45) is 0 Å². The van der Waals surface area contributed by atoms with Crippen molar-refractivity contribution in [2.75, 3.05) is 26.7 Å². The zero-order valence-corrected chi connectivity index (χ0v) is 14.8. The largest absolute Gasteiger partial charge is 0.377 e. The maximum Gasteiger partial charge on any atom is 0.236 e. The van der Waals surface area contributed by atoms with Gasteiger partial charge in [-0.1, -0.05) is 36.4 Å². The van der Waals surface area contributed by atoms with E-state index in [0.717, 1.165) is 31.6 Å². The van der Waals surface area contributed by atoms with Crippen molar-refractivity contribution < 1.29 is 9.53 Å². The van der Waals surface area contributed by atoms with Gasteiger partial charge in [0.1, 0.15) is 0 Å². The van der Waals surface area contributed by atoms with Crippen LogP contribution in [0, 0.1) is 0 Å². The number of ether oxygens (including phenoxy) is 1. The molecule has 130 valence electrons. The third-order valence-electron chi connectivity index (χ3n) is 4.33. The number of hydrogen-bond acceptors (Lipinski definition) is 3. The van der Waals surface area contributed by atoms with Gasteiger partial charge < -0.3 is 15.0 Å². The molecule has 1 aliphatic heterocycles. The Balaban J connectivity index is 0.00000208. The van der Waals surface area contributed by atoms with Crippen LogP contribution >= 0.6 is 12.4 Å². The summed E-state index contributed by atoms with van der Waals surface area (Å²) in [5.74, 6) is 0.108. The summed E-state index contributed by atoms with van der Waals surface area (Å²) < 4.78 is 5.54. The lowest BCUT2D eigenvalue weighted by Gasteiger charge is -2.19. The highest BCUT2D eigenvalue weighted by molar-refractivity contribution is 5.85. The van der Waals surface area contributed by atoms with E-state index < -0.39 is 0 Å². The van der Waals surface area contributed by atoms with Crippen molar-refractivity contribution in [1.29, 1.82) is 0 Å². The fourth-order valence-corrected chi connectivity index (χ4v) is 2.98. The molecule has 0 aliphatic carbocycles. The van der Waals surface area contributed by atoms with E-state index in [1.807, 2.05) is 19.2 Å². The molecule has 0 radical (unpaired) electrons. The van der Waals surface area contributed by atoms with Gasteiger partial charge in [-0.25, -0.2) is 0 Å². The molecule has 1 aliphatic rings. The highest BCUT2D eigenvalue weighted by Gasteiger charge is 2.16. The van der Waals surface area contributed by atoms with Gasteiger partial charge in [0, 0.05) is 26.7 Å². The van der Waals surface area contributed by atoms with E-state index in [2.05, 4.69) is 35.6 Å². The van der Waals surface area contributed by atoms with Crippen molar-refractivity contribution in [3.05, 3.63) is 48.0 Å². The molecule has 5 heteroatoms. The molecule has 1 N–H and O–H groups in total. The first-order valence-corrected chi connectivity index (χ1v) is 8.26. The minimum atomic E-state index is 0. The fourth-order valence-electron chi connectivity index (χ4n) is 2.98. The van der Waals surface area contributed by atoms with E-state index in [-0.39, 0.29) is 24.4 Å². The molecule has 4 nitrogen and oxygen atoms in total. The first-order valence-electron chi connectivity index (χ1n) is 8.26. The summed E-state index contributed by atoms with van der Waals surface area (Å²) in [5, 5.41) is 5.64. The lowest BCUT2D eigenvalue weighted by atomic mass is 10.1. The summed E-state index contributed by atoms with van der Waals surface area (Å²) in [5.41, 5.74) is 1.15. The van der Waals surface area contributed by atoms with Crippen LogP contribution in [0.2, 0.25) is 0 Å². The van der Waals surface area contributed by atoms with Crippen LogP contribution in [0.25, 0.3) is 10.8 Å². The highest BCUT2D eigenvalue weighted by atomic mass is 35.5. The lowest BCUT2D eigenvalue weighted by molar-refractivity contribution is -0.129. The first-order chi connectivity index (χ1) is 11.2. The van der Waals surface area contributed by atoms with Crippen molar-refractivity contribution in [1.82, 2.24) is 10.2 Å². The standard InChI is InChI=1S/C19H24N2O2.ClH/c1-21(19(22)13-20-12-18-7-4-10-23-18)14-15-8-9-16-5-2-3-6-17(16)11-15;/h2-3,5-6,8-9,11,18,20H,4,7,10,12-14H2,1H3;1H. The van der Waals surface area contributed by atoms with Crippen LogP contribution in [0.4, 0.5) is 0 Å². The topological polar surface area (TPSA) is 41.6 Å². The molecule has 0 saturated carbocycles. The molecule has 2 aromatic carbocycles. The molecule has 3 rings (SSSR count). The van der Waals surface area contributed by atoms with Crippen LogP contribution in [-0.4, -0.2) is 43.7 Å². The third kappa shape index (κ3) is 4.94. The van der Waals surface area contributed by atoms with Gasteiger partial charge in [-0.3, -0.25) is 4.79 Å². The van der Waals surface area contributed by atoms with Crippen molar-refractivity contribution >= 4 is 29.1 Å². The molecular formula is C19H25ClN2O2. The van der Waals surface area contributed by atoms with Crippen molar-refractivity contribution in [3.8, 4) is 0 Å². The summed E-state index contributed by atoms with van der Waals surface area (Å²) in [6.07, 6.45) is 2.49. The number of rotatable bonds is 6. The first kappa shape index (κ1) is 18.7. The number of halogens is 1. The zero-order valence-electron chi connectivity index (χ0n) is 14.0. The Bertz CT molecular complexity index is 671. The highest BCUT2D eigenvalue weighted by Crippen LogP contribution is 2.16. The number of carbonyl (C=O) groups is 1. The summed E-state index contributed by atoms with van der Waals surface area (Å²) in [7, 11) is 1.85. The van der Waals surface area contributed by atoms with Crippen LogP contribution in [-0.2, 0) is 16.1 Å². The van der Waals surface area contributed by atoms with Gasteiger partial charge >= 0.3 is 0 Å². The SMILES string of the molecule is CN(Cc1ccc2ccccc2c1)C(=O)CNCC1CCCO1.Cl. The average Bonchev–Trinajstić information content (AvgIpc) is 3.08. The Morgan fingerprint density at radius 2 is 2.04 bits per heavy atom. The summed E-state index contributed by atoms with van der Waals surface area (Å²) in [4.78, 5) is 14.0. The van der Waals surface area contributed by atoms with Crippen molar-refractivity contribution in [3.63, 3.8) is 0 Å². The molecule has 1 unspecified atom stereocenters. The monoisotopic (exact) mass is 348 g/mol. The Labute approximate surface area is 149 Å². The molecule has 1 amide bonds. The quantitative estimate of drug-likeness (QED) is 0.872. The van der Waals surface area contributed by atoms with Gasteiger partial charge in [-0.15, -0.1) is 12.4 Å². The third-order valence-corrected chi connectivity index (χ3v) is 4.33. The van der Waals surface area contributed by atoms with E-state index in [9.17, 15) is 4.79 Å². The van der Waals surface area contributed by atoms with Crippen molar-refractivity contribution in [2.45, 2.75) is 25.5 Å². The maximum absolute atomic E-state index is 12.2. The summed E-state index contributed by atoms with van der Waals surface area (Å²) >= 11 is 0. The number of amides is 1. The minimum Gasteiger partial charge on any atom is -0.377 e. The van der Waals surface area contributed by atoms with Gasteiger partial charge in [0.05, 0.1) is 12.6 Å². The van der Waals surface area contributed by atoms with E-state index in [1.54, 1.807) is 4.90 Å². The van der Waals surface area contributed by atoms with E-state index in [1.165, 1.54) is 10.8 Å². The Hall–Kier alpha value is -1.62. The Morgan fingerprint density at radius 3 is 2.79 bits per heavy atom. The van der Waals surface area contributed by atoms with Crippen LogP contribution in [0.15, 0.2) is 42.5 Å². The molecule has 24 heavy (non-hydrogen) atoms. The second kappa shape index (κ2) is 9.02. The number of nitrogens with one attached hydrogen (secondary N) is 1. The zero-order chi connectivity index (χ0) is 16.1. The minimum absolute atomic E-state index is 0. The van der Waals surface area contributed by atoms with Crippen LogP contribution in [0.3, 0.4) is 0 Å². The number of likely N-dealkylation sites (N-methyl/N-ethyl adjacent to an activating group) is 1. The van der Waals surface area contributed by atoms with Gasteiger partial charge in [0.15, 0.2) is 0 Å². The van der Waals surface area contributed by atoms with Crippen LogP contribution < -0.4 is 5.32 Å². The second-order valence-electron chi connectivity index (χ2n) is 6.20. The predicted octanol–water partition coefficient (Wildman–Crippen LogP) is 2.99. The molecule has 1 atom stereocenters. The molecule has 2 aromatic rings. The van der Waals surface area contributed by atoms with E-state index in [4.69, 9.17) is 4.74 Å². The molecule has 1 saturated heterocycles. The molecule has 0 aromatic heterocycles. The second-order valence-corrected chi connectivity index (χ2v) is 6.20. The van der Waals surface area contributed by atoms with E-state index in [0.29, 0.717) is 13.1 Å². The predicted molar refractivity (Wildman–Crippen MR) is 99.5 cm³/mol. The van der Waals surface area contributed by atoms with Gasteiger partial charge in [-0.2, -0.15) is 0 Å². The molecular weight excluding hydrogens is 324 g/mol. The smallest absolute Gasteiger partial charge is 0.236 e. The normalized spacial score (nSPS) is 16.8. The van der Waals surface area contributed by atoms with Crippen LogP contribution in [0.1, 0.15) is 18.4 Å². The molecule has 1 fully saturated rings. The summed E-state index contributed by atoms with van der Waals surface area (Å²) in [6.45, 7) is 2.60. The Morgan fingerprint density at radius 1 is 1.25 bits per heavy atom. The molecule has 1 heterocycles. The van der Waals surface area contributed by atoms with E-state index >= 15 is 0 Å². The average molecular weight is 349 g/mol. The van der Waals surface area contributed by atoms with Crippen LogP contribution in [0.5, 0.6) is 0 Å². The molecule has 0 bridgehead atoms. The molecule has 0 spiro atoms. The maximum atomic E-state index is 12.2. The summed E-state index contributed by atoms with van der Waals surface area (Å²) in [6, 6.07) is 14.6.